The van der Waals surface area contributed by atoms with Gasteiger partial charge in [-0.1, -0.05) is 67.8 Å². The van der Waals surface area contributed by atoms with Gasteiger partial charge >= 0.3 is 5.97 Å². The molecule has 0 amide bonds. The maximum atomic E-state index is 11.5. The minimum Gasteiger partial charge on any atom is -0.491 e. The Bertz CT molecular complexity index is 1380. The third kappa shape index (κ3) is 9.01. The molecule has 1 aliphatic rings. The van der Waals surface area contributed by atoms with Crippen molar-refractivity contribution in [1.82, 2.24) is 0 Å². The highest BCUT2D eigenvalue weighted by Crippen LogP contribution is 2.42. The summed E-state index contributed by atoms with van der Waals surface area (Å²) in [4.78, 5) is 11.5. The first-order valence-electron chi connectivity index (χ1n) is 14.8. The molecule has 0 heterocycles. The number of rotatable bonds is 14. The highest BCUT2D eigenvalue weighted by atomic mass is 16.6. The topological polar surface area (TPSA) is 74.2 Å². The summed E-state index contributed by atoms with van der Waals surface area (Å²) in [5.74, 6) is 1.89. The summed E-state index contributed by atoms with van der Waals surface area (Å²) in [6.07, 6.45) is 9.17. The zero-order valence-electron chi connectivity index (χ0n) is 25.2. The Labute approximate surface area is 255 Å². The van der Waals surface area contributed by atoms with Crippen LogP contribution in [0.1, 0.15) is 44.1 Å². The van der Waals surface area contributed by atoms with Crippen molar-refractivity contribution in [3.05, 3.63) is 109 Å². The van der Waals surface area contributed by atoms with Crippen LogP contribution >= 0.6 is 0 Å². The Balaban J connectivity index is 1.50. The molecule has 3 aromatic rings. The van der Waals surface area contributed by atoms with Crippen molar-refractivity contribution in [3.63, 3.8) is 0 Å². The van der Waals surface area contributed by atoms with E-state index in [0.717, 1.165) is 41.4 Å². The average Bonchev–Trinajstić information content (AvgIpc) is 3.04. The molecule has 1 unspecified atom stereocenters. The molecular formula is C37H42O6. The summed E-state index contributed by atoms with van der Waals surface area (Å²) in [6.45, 7) is 10.1. The van der Waals surface area contributed by atoms with Gasteiger partial charge in [-0.15, -0.1) is 0 Å². The van der Waals surface area contributed by atoms with Crippen LogP contribution < -0.4 is 9.47 Å². The Hall–Kier alpha value is -3.97. The Kier molecular flexibility index (Phi) is 11.9. The first-order valence-corrected chi connectivity index (χ1v) is 14.8. The first kappa shape index (κ1) is 32.0. The quantitative estimate of drug-likeness (QED) is 0.0521. The van der Waals surface area contributed by atoms with Crippen LogP contribution in [0.2, 0.25) is 0 Å². The number of esters is 1. The highest BCUT2D eigenvalue weighted by Gasteiger charge is 2.24. The number of hydrogen-bond acceptors (Lipinski definition) is 6. The number of carbonyl (C=O) groups is 1. The largest absolute Gasteiger partial charge is 0.491 e. The lowest BCUT2D eigenvalue weighted by Gasteiger charge is -2.29. The van der Waals surface area contributed by atoms with Gasteiger partial charge in [0.2, 0.25) is 0 Å². The predicted molar refractivity (Wildman–Crippen MR) is 171 cm³/mol. The van der Waals surface area contributed by atoms with Crippen molar-refractivity contribution in [2.75, 3.05) is 26.9 Å². The summed E-state index contributed by atoms with van der Waals surface area (Å²) in [5.41, 5.74) is 6.25. The summed E-state index contributed by atoms with van der Waals surface area (Å²) < 4.78 is 21.7. The van der Waals surface area contributed by atoms with E-state index in [2.05, 4.69) is 68.6 Å². The minimum atomic E-state index is -1.08. The number of allylic oxidation sites excluding steroid dienone is 2. The Morgan fingerprint density at radius 3 is 2.19 bits per heavy atom. The van der Waals surface area contributed by atoms with Crippen molar-refractivity contribution >= 4 is 5.97 Å². The second-order valence-electron chi connectivity index (χ2n) is 10.8. The molecule has 0 aliphatic heterocycles. The smallest absolute Gasteiger partial charge is 0.335 e. The normalized spacial score (nSPS) is 17.4. The molecule has 1 fully saturated rings. The molecule has 4 rings (SSSR count). The fourth-order valence-electron chi connectivity index (χ4n) is 5.54. The second kappa shape index (κ2) is 16.0. The van der Waals surface area contributed by atoms with E-state index >= 15 is 0 Å². The van der Waals surface area contributed by atoms with Crippen LogP contribution in [0.4, 0.5) is 0 Å². The lowest BCUT2D eigenvalue weighted by Crippen LogP contribution is -2.20. The van der Waals surface area contributed by atoms with Gasteiger partial charge in [-0.2, -0.15) is 0 Å². The van der Waals surface area contributed by atoms with E-state index in [1.54, 1.807) is 19.2 Å². The Morgan fingerprint density at radius 1 is 0.930 bits per heavy atom. The molecule has 0 spiro atoms. The predicted octanol–water partition coefficient (Wildman–Crippen LogP) is 7.88. The van der Waals surface area contributed by atoms with E-state index in [1.807, 2.05) is 18.2 Å². The molecule has 43 heavy (non-hydrogen) atoms. The van der Waals surface area contributed by atoms with Gasteiger partial charge in [-0.3, -0.25) is 0 Å². The molecule has 0 radical (unpaired) electrons. The molecule has 1 atom stereocenters. The molecule has 0 bridgehead atoms. The van der Waals surface area contributed by atoms with Gasteiger partial charge < -0.3 is 24.1 Å². The maximum Gasteiger partial charge on any atom is 0.335 e. The lowest BCUT2D eigenvalue weighted by molar-refractivity contribution is -0.128. The van der Waals surface area contributed by atoms with Crippen LogP contribution in [0, 0.1) is 5.92 Å². The molecular weight excluding hydrogens is 540 g/mol. The van der Waals surface area contributed by atoms with Crippen molar-refractivity contribution in [2.45, 2.75) is 44.8 Å². The summed E-state index contributed by atoms with van der Waals surface area (Å²) in [5, 5.41) is 10.0. The maximum absolute atomic E-state index is 11.5. The molecule has 6 heteroatoms. The molecule has 0 aromatic heterocycles. The fraction of sp³-hybridized carbons (Fsp3) is 0.324. The van der Waals surface area contributed by atoms with Gasteiger partial charge in [-0.05, 0) is 96.5 Å². The fourth-order valence-corrected chi connectivity index (χ4v) is 5.54. The molecule has 1 aliphatic carbocycles. The molecule has 1 saturated carbocycles. The highest BCUT2D eigenvalue weighted by molar-refractivity contribution is 5.83. The second-order valence-corrected chi connectivity index (χ2v) is 10.8. The molecule has 1 N–H and O–H groups in total. The first-order chi connectivity index (χ1) is 20.9. The van der Waals surface area contributed by atoms with Crippen LogP contribution in [-0.4, -0.2) is 44.3 Å². The van der Waals surface area contributed by atoms with Crippen LogP contribution in [0.3, 0.4) is 0 Å². The van der Waals surface area contributed by atoms with E-state index < -0.39 is 12.3 Å². The summed E-state index contributed by atoms with van der Waals surface area (Å²) in [6, 6.07) is 22.3. The minimum absolute atomic E-state index is 0.231. The third-order valence-corrected chi connectivity index (χ3v) is 7.77. The molecule has 6 nitrogen and oxygen atoms in total. The van der Waals surface area contributed by atoms with E-state index in [1.165, 1.54) is 24.0 Å². The van der Waals surface area contributed by atoms with E-state index in [4.69, 9.17) is 18.9 Å². The third-order valence-electron chi connectivity index (χ3n) is 7.77. The van der Waals surface area contributed by atoms with Gasteiger partial charge in [0, 0.05) is 18.8 Å². The van der Waals surface area contributed by atoms with Crippen molar-refractivity contribution in [2.24, 2.45) is 5.92 Å². The van der Waals surface area contributed by atoms with Crippen molar-refractivity contribution < 1.29 is 28.8 Å². The van der Waals surface area contributed by atoms with Crippen molar-refractivity contribution in [3.8, 4) is 33.8 Å². The van der Waals surface area contributed by atoms with Crippen LogP contribution in [0.15, 0.2) is 104 Å². The summed E-state index contributed by atoms with van der Waals surface area (Å²) >= 11 is 0. The summed E-state index contributed by atoms with van der Waals surface area (Å²) in [7, 11) is 1.55. The number of methoxy groups -OCH3 is 1. The average molecular weight is 583 g/mol. The Morgan fingerprint density at radius 2 is 1.56 bits per heavy atom. The number of carbonyl (C=O) groups excluding carboxylic acids is 1. The van der Waals surface area contributed by atoms with E-state index in [0.29, 0.717) is 29.8 Å². The van der Waals surface area contributed by atoms with Crippen LogP contribution in [0.25, 0.3) is 22.3 Å². The van der Waals surface area contributed by atoms with Gasteiger partial charge in [-0.25, -0.2) is 4.79 Å². The number of aliphatic hydroxyl groups is 1. The number of aliphatic hydroxyl groups excluding tert-OH is 1. The standard InChI is InChI=1S/C37H42O6/c1-5-7-27-8-10-31(11-9-27)35-24-33(41-22-23-42-37(39)26(3)25-40-4)20-21-34(35)30-14-12-28(13-15-30)29-16-18-32(19-17-29)43-36(38)6-2/h5-7,12-21,24,27,31,37,39H,2-3,8-11,22-23,25H2,1,4H3/b7-5+. The zero-order valence-corrected chi connectivity index (χ0v) is 25.2. The lowest BCUT2D eigenvalue weighted by atomic mass is 9.76. The number of ether oxygens (including phenoxy) is 4. The SMILES string of the molecule is C=CC(=O)Oc1ccc(-c2ccc(-c3ccc(OCCOC(O)C(=C)COC)cc3C3CCC(/C=C/C)CC3)cc2)cc1. The molecule has 226 valence electrons. The van der Waals surface area contributed by atoms with E-state index in [-0.39, 0.29) is 13.2 Å². The molecule has 3 aromatic carbocycles. The van der Waals surface area contributed by atoms with Gasteiger partial charge in [0.25, 0.3) is 0 Å². The molecule has 0 saturated heterocycles. The number of hydrogen-bond donors (Lipinski definition) is 1. The number of benzene rings is 3. The zero-order chi connectivity index (χ0) is 30.6. The van der Waals surface area contributed by atoms with Gasteiger partial charge in [0.05, 0.1) is 13.2 Å². The van der Waals surface area contributed by atoms with Gasteiger partial charge in [0.1, 0.15) is 18.1 Å². The monoisotopic (exact) mass is 582 g/mol. The van der Waals surface area contributed by atoms with Gasteiger partial charge in [0.15, 0.2) is 6.29 Å². The van der Waals surface area contributed by atoms with Crippen LogP contribution in [-0.2, 0) is 14.3 Å². The van der Waals surface area contributed by atoms with Crippen LogP contribution in [0.5, 0.6) is 11.5 Å². The van der Waals surface area contributed by atoms with Crippen molar-refractivity contribution in [1.29, 1.82) is 0 Å². The van der Waals surface area contributed by atoms with E-state index in [9.17, 15) is 9.90 Å².